The number of rotatable bonds is 3. The number of para-hydroxylation sites is 2. The summed E-state index contributed by atoms with van der Waals surface area (Å²) in [5, 5.41) is 14.5. The Balaban J connectivity index is 1.89. The number of hydrogen-bond acceptors (Lipinski definition) is 4. The van der Waals surface area contributed by atoms with Crippen LogP contribution in [-0.2, 0) is 6.42 Å². The van der Waals surface area contributed by atoms with Crippen LogP contribution in [0.1, 0.15) is 35.7 Å². The van der Waals surface area contributed by atoms with E-state index in [-0.39, 0.29) is 16.7 Å². The number of imidazole rings is 1. The topological polar surface area (TPSA) is 73.0 Å². The molecule has 2 aromatic carbocycles. The maximum absolute atomic E-state index is 10.9. The summed E-state index contributed by atoms with van der Waals surface area (Å²) >= 11 is 0. The van der Waals surface area contributed by atoms with Crippen molar-refractivity contribution in [1.29, 1.82) is 0 Å². The number of nitrogens with zero attached hydrogens (tertiary/aromatic N) is 3. The quantitative estimate of drug-likeness (QED) is 0.576. The Labute approximate surface area is 145 Å². The Morgan fingerprint density at radius 3 is 2.60 bits per heavy atom. The molecule has 3 aromatic rings. The lowest BCUT2D eigenvalue weighted by atomic mass is 9.98. The molecule has 1 aromatic heterocycles. The largest absolute Gasteiger partial charge is 0.371 e. The zero-order valence-electron chi connectivity index (χ0n) is 14.1. The molecule has 0 fully saturated rings. The number of fused-ring (bicyclic) bond motifs is 3. The fraction of sp³-hybridized carbons (Fsp3) is 0.211. The summed E-state index contributed by atoms with van der Waals surface area (Å²) in [6.07, 6.45) is 0.835. The van der Waals surface area contributed by atoms with Crippen molar-refractivity contribution < 1.29 is 4.92 Å². The predicted molar refractivity (Wildman–Crippen MR) is 96.2 cm³/mol. The molecule has 25 heavy (non-hydrogen) atoms. The van der Waals surface area contributed by atoms with Crippen LogP contribution >= 0.6 is 0 Å². The van der Waals surface area contributed by atoms with Crippen LogP contribution < -0.4 is 5.32 Å². The van der Waals surface area contributed by atoms with E-state index in [9.17, 15) is 10.1 Å². The minimum absolute atomic E-state index is 0.0940. The minimum Gasteiger partial charge on any atom is -0.371 e. The highest BCUT2D eigenvalue weighted by Crippen LogP contribution is 2.39. The fourth-order valence-electron chi connectivity index (χ4n) is 3.49. The van der Waals surface area contributed by atoms with Crippen LogP contribution in [0, 0.1) is 17.0 Å². The molecule has 1 atom stereocenters. The molecule has 4 rings (SSSR count). The SMILES string of the molecule is CCc1nc(C)c2n1-c1ccccc1NC2c1ccc([N+](=O)[O-])cc1. The second-order valence-corrected chi connectivity index (χ2v) is 6.13. The maximum atomic E-state index is 10.9. The first-order chi connectivity index (χ1) is 12.1. The minimum atomic E-state index is -0.377. The highest BCUT2D eigenvalue weighted by molar-refractivity contribution is 5.67. The van der Waals surface area contributed by atoms with Gasteiger partial charge in [0.25, 0.3) is 5.69 Å². The number of nitro groups is 1. The zero-order chi connectivity index (χ0) is 17.6. The molecule has 1 N–H and O–H groups in total. The molecular weight excluding hydrogens is 316 g/mol. The molecule has 0 radical (unpaired) electrons. The van der Waals surface area contributed by atoms with Crippen LogP contribution in [0.15, 0.2) is 48.5 Å². The van der Waals surface area contributed by atoms with Crippen molar-refractivity contribution >= 4 is 11.4 Å². The van der Waals surface area contributed by atoms with Gasteiger partial charge in [-0.05, 0) is 36.8 Å². The number of hydrogen-bond donors (Lipinski definition) is 1. The van der Waals surface area contributed by atoms with E-state index in [0.29, 0.717) is 0 Å². The molecule has 0 saturated heterocycles. The van der Waals surface area contributed by atoms with Gasteiger partial charge in [0.15, 0.2) is 0 Å². The molecule has 1 unspecified atom stereocenters. The number of nitro benzene ring substituents is 1. The molecule has 0 spiro atoms. The van der Waals surface area contributed by atoms with Crippen molar-refractivity contribution in [3.63, 3.8) is 0 Å². The van der Waals surface area contributed by atoms with Gasteiger partial charge in [-0.25, -0.2) is 4.98 Å². The summed E-state index contributed by atoms with van der Waals surface area (Å²) in [6, 6.07) is 14.8. The van der Waals surface area contributed by atoms with E-state index < -0.39 is 0 Å². The van der Waals surface area contributed by atoms with Gasteiger partial charge in [0.2, 0.25) is 0 Å². The van der Waals surface area contributed by atoms with Crippen molar-refractivity contribution in [2.75, 3.05) is 5.32 Å². The summed E-state index contributed by atoms with van der Waals surface area (Å²) in [4.78, 5) is 15.3. The molecular formula is C19H18N4O2. The number of benzene rings is 2. The van der Waals surface area contributed by atoms with Crippen molar-refractivity contribution in [2.24, 2.45) is 0 Å². The van der Waals surface area contributed by atoms with Crippen LogP contribution in [0.25, 0.3) is 5.69 Å². The second-order valence-electron chi connectivity index (χ2n) is 6.13. The van der Waals surface area contributed by atoms with Gasteiger partial charge in [-0.15, -0.1) is 0 Å². The van der Waals surface area contributed by atoms with E-state index in [1.54, 1.807) is 12.1 Å². The van der Waals surface area contributed by atoms with E-state index in [2.05, 4.69) is 22.9 Å². The second kappa shape index (κ2) is 5.73. The molecule has 0 bridgehead atoms. The van der Waals surface area contributed by atoms with Gasteiger partial charge < -0.3 is 5.32 Å². The van der Waals surface area contributed by atoms with Gasteiger partial charge in [0.05, 0.1) is 33.7 Å². The average Bonchev–Trinajstić information content (AvgIpc) is 2.98. The normalized spacial score (nSPS) is 15.2. The third kappa shape index (κ3) is 2.38. The summed E-state index contributed by atoms with van der Waals surface area (Å²) in [5.41, 5.74) is 5.26. The molecule has 2 heterocycles. The van der Waals surface area contributed by atoms with Crippen molar-refractivity contribution in [2.45, 2.75) is 26.3 Å². The first-order valence-corrected chi connectivity index (χ1v) is 8.28. The molecule has 1 aliphatic rings. The third-order valence-corrected chi connectivity index (χ3v) is 4.64. The average molecular weight is 334 g/mol. The Hall–Kier alpha value is -3.15. The van der Waals surface area contributed by atoms with Gasteiger partial charge in [0, 0.05) is 18.6 Å². The lowest BCUT2D eigenvalue weighted by Gasteiger charge is -2.30. The molecule has 0 aliphatic carbocycles. The van der Waals surface area contributed by atoms with E-state index in [0.717, 1.165) is 40.6 Å². The zero-order valence-corrected chi connectivity index (χ0v) is 14.1. The Bertz CT molecular complexity index is 960. The standard InChI is InChI=1S/C19H18N4O2/c1-3-17-20-12(2)19-18(13-8-10-14(11-9-13)23(24)25)21-15-6-4-5-7-16(15)22(17)19/h4-11,18,21H,3H2,1-2H3. The summed E-state index contributed by atoms with van der Waals surface area (Å²) < 4.78 is 2.22. The highest BCUT2D eigenvalue weighted by Gasteiger charge is 2.30. The van der Waals surface area contributed by atoms with Crippen molar-refractivity contribution in [3.8, 4) is 5.69 Å². The third-order valence-electron chi connectivity index (χ3n) is 4.64. The molecule has 0 saturated carbocycles. The lowest BCUT2D eigenvalue weighted by Crippen LogP contribution is -2.23. The van der Waals surface area contributed by atoms with Gasteiger partial charge in [-0.2, -0.15) is 0 Å². The Morgan fingerprint density at radius 2 is 1.92 bits per heavy atom. The van der Waals surface area contributed by atoms with Gasteiger partial charge in [-0.3, -0.25) is 14.7 Å². The van der Waals surface area contributed by atoms with Crippen LogP contribution in [0.2, 0.25) is 0 Å². The maximum Gasteiger partial charge on any atom is 0.269 e. The number of nitrogens with one attached hydrogen (secondary N) is 1. The molecule has 6 heteroatoms. The van der Waals surface area contributed by atoms with E-state index in [4.69, 9.17) is 4.98 Å². The summed E-state index contributed by atoms with van der Waals surface area (Å²) in [6.45, 7) is 4.11. The number of aromatic nitrogens is 2. The Kier molecular flexibility index (Phi) is 3.53. The van der Waals surface area contributed by atoms with Gasteiger partial charge in [-0.1, -0.05) is 19.1 Å². The highest BCUT2D eigenvalue weighted by atomic mass is 16.6. The van der Waals surface area contributed by atoms with E-state index >= 15 is 0 Å². The summed E-state index contributed by atoms with van der Waals surface area (Å²) in [5.74, 6) is 1.02. The van der Waals surface area contributed by atoms with Crippen LogP contribution in [0.5, 0.6) is 0 Å². The number of non-ortho nitro benzene ring substituents is 1. The lowest BCUT2D eigenvalue weighted by molar-refractivity contribution is -0.384. The van der Waals surface area contributed by atoms with Crippen molar-refractivity contribution in [1.82, 2.24) is 9.55 Å². The van der Waals surface area contributed by atoms with Crippen LogP contribution in [-0.4, -0.2) is 14.5 Å². The number of anilines is 1. The van der Waals surface area contributed by atoms with E-state index in [1.807, 2.05) is 37.3 Å². The number of aryl methyl sites for hydroxylation is 2. The van der Waals surface area contributed by atoms with Crippen LogP contribution in [0.4, 0.5) is 11.4 Å². The molecule has 0 amide bonds. The van der Waals surface area contributed by atoms with E-state index in [1.165, 1.54) is 0 Å². The van der Waals surface area contributed by atoms with Gasteiger partial charge >= 0.3 is 0 Å². The Morgan fingerprint density at radius 1 is 1.20 bits per heavy atom. The first kappa shape index (κ1) is 15.4. The molecule has 126 valence electrons. The summed E-state index contributed by atoms with van der Waals surface area (Å²) in [7, 11) is 0. The smallest absolute Gasteiger partial charge is 0.269 e. The first-order valence-electron chi connectivity index (χ1n) is 8.28. The van der Waals surface area contributed by atoms with Gasteiger partial charge in [0.1, 0.15) is 5.82 Å². The van der Waals surface area contributed by atoms with Crippen LogP contribution in [0.3, 0.4) is 0 Å². The van der Waals surface area contributed by atoms with Crippen molar-refractivity contribution in [3.05, 3.63) is 81.4 Å². The monoisotopic (exact) mass is 334 g/mol. The predicted octanol–water partition coefficient (Wildman–Crippen LogP) is 4.17. The molecule has 6 nitrogen and oxygen atoms in total. The molecule has 1 aliphatic heterocycles. The fourth-order valence-corrected chi connectivity index (χ4v) is 3.49.